The van der Waals surface area contributed by atoms with Crippen molar-refractivity contribution in [1.29, 1.82) is 0 Å². The number of hydrogen-bond acceptors (Lipinski definition) is 4. The monoisotopic (exact) mass is 195 g/mol. The van der Waals surface area contributed by atoms with Crippen molar-refractivity contribution in [3.05, 3.63) is 17.8 Å². The number of nitrogens with two attached hydrogens (primary N) is 1. The number of nitrogens with one attached hydrogen (secondary N) is 1. The van der Waals surface area contributed by atoms with Gasteiger partial charge >= 0.3 is 0 Å². The lowest BCUT2D eigenvalue weighted by atomic mass is 10.3. The lowest BCUT2D eigenvalue weighted by Gasteiger charge is -2.05. The van der Waals surface area contributed by atoms with E-state index in [4.69, 9.17) is 5.84 Å². The van der Waals surface area contributed by atoms with Crippen molar-refractivity contribution in [3.8, 4) is 0 Å². The first kappa shape index (κ1) is 8.84. The summed E-state index contributed by atoms with van der Waals surface area (Å²) in [7, 11) is 0. The summed E-state index contributed by atoms with van der Waals surface area (Å²) in [6.07, 6.45) is 4.59. The Balaban J connectivity index is 2.15. The van der Waals surface area contributed by atoms with Crippen molar-refractivity contribution in [3.63, 3.8) is 0 Å². The maximum Gasteiger partial charge on any atom is 0.140 e. The van der Waals surface area contributed by atoms with Crippen LogP contribution in [0.3, 0.4) is 0 Å². The first-order valence-electron chi connectivity index (χ1n) is 4.39. The highest BCUT2D eigenvalue weighted by atomic mass is 32.2. The first-order valence-corrected chi connectivity index (χ1v) is 5.27. The van der Waals surface area contributed by atoms with Gasteiger partial charge in [0.2, 0.25) is 0 Å². The number of anilines is 1. The third-order valence-corrected chi connectivity index (χ3v) is 3.51. The van der Waals surface area contributed by atoms with E-state index in [2.05, 4.69) is 17.3 Å². The zero-order valence-corrected chi connectivity index (χ0v) is 8.40. The van der Waals surface area contributed by atoms with Gasteiger partial charge in [-0.2, -0.15) is 0 Å². The largest absolute Gasteiger partial charge is 0.308 e. The predicted octanol–water partition coefficient (Wildman–Crippen LogP) is 1.93. The summed E-state index contributed by atoms with van der Waals surface area (Å²) < 4.78 is 0. The summed E-state index contributed by atoms with van der Waals surface area (Å²) in [6.45, 7) is 2.09. The number of nitrogens with zero attached hydrogens (tertiary/aromatic N) is 1. The average Bonchev–Trinajstić information content (AvgIpc) is 2.92. The van der Waals surface area contributed by atoms with E-state index in [-0.39, 0.29) is 0 Å². The quantitative estimate of drug-likeness (QED) is 0.571. The molecule has 0 radical (unpaired) electrons. The summed E-state index contributed by atoms with van der Waals surface area (Å²) in [5, 5.41) is 0.831. The number of aryl methyl sites for hydroxylation is 1. The van der Waals surface area contributed by atoms with Crippen LogP contribution in [-0.4, -0.2) is 10.2 Å². The molecule has 1 aliphatic carbocycles. The lowest BCUT2D eigenvalue weighted by molar-refractivity contribution is 1.14. The fourth-order valence-corrected chi connectivity index (χ4v) is 2.20. The fourth-order valence-electron chi connectivity index (χ4n) is 1.11. The molecular weight excluding hydrogens is 182 g/mol. The number of hydrogen-bond donors (Lipinski definition) is 2. The van der Waals surface area contributed by atoms with Crippen molar-refractivity contribution in [2.75, 3.05) is 5.43 Å². The van der Waals surface area contributed by atoms with Crippen molar-refractivity contribution >= 4 is 17.6 Å². The molecule has 0 amide bonds. The van der Waals surface area contributed by atoms with E-state index in [0.29, 0.717) is 0 Å². The number of hydrazine groups is 1. The van der Waals surface area contributed by atoms with Gasteiger partial charge in [0.15, 0.2) is 0 Å². The number of thioether (sulfide) groups is 1. The minimum Gasteiger partial charge on any atom is -0.308 e. The maximum atomic E-state index is 5.26. The van der Waals surface area contributed by atoms with E-state index in [1.54, 1.807) is 0 Å². The molecule has 3 nitrogen and oxygen atoms in total. The van der Waals surface area contributed by atoms with Crippen LogP contribution in [0.1, 0.15) is 18.4 Å². The summed E-state index contributed by atoms with van der Waals surface area (Å²) in [6, 6.07) is 1.98. The second kappa shape index (κ2) is 3.55. The van der Waals surface area contributed by atoms with E-state index in [1.807, 2.05) is 24.0 Å². The van der Waals surface area contributed by atoms with E-state index in [9.17, 15) is 0 Å². The zero-order chi connectivity index (χ0) is 9.26. The SMILES string of the molecule is Cc1cc(NN)ncc1SC1CC1. The summed E-state index contributed by atoms with van der Waals surface area (Å²) >= 11 is 1.92. The second-order valence-corrected chi connectivity index (χ2v) is 4.64. The highest BCUT2D eigenvalue weighted by Crippen LogP contribution is 2.40. The van der Waals surface area contributed by atoms with Crippen LogP contribution < -0.4 is 11.3 Å². The van der Waals surface area contributed by atoms with Crippen molar-refractivity contribution in [2.45, 2.75) is 29.9 Å². The van der Waals surface area contributed by atoms with Gasteiger partial charge in [-0.3, -0.25) is 0 Å². The van der Waals surface area contributed by atoms with Gasteiger partial charge in [-0.15, -0.1) is 11.8 Å². The minimum atomic E-state index is 0.734. The maximum absolute atomic E-state index is 5.26. The molecule has 70 valence electrons. The fraction of sp³-hybridized carbons (Fsp3) is 0.444. The molecule has 4 heteroatoms. The van der Waals surface area contributed by atoms with Crippen LogP contribution in [-0.2, 0) is 0 Å². The van der Waals surface area contributed by atoms with Gasteiger partial charge in [0.25, 0.3) is 0 Å². The van der Waals surface area contributed by atoms with E-state index in [0.717, 1.165) is 11.1 Å². The Morgan fingerprint density at radius 2 is 2.38 bits per heavy atom. The lowest BCUT2D eigenvalue weighted by Crippen LogP contribution is -2.08. The molecule has 0 bridgehead atoms. The molecule has 1 aromatic rings. The molecule has 0 saturated heterocycles. The van der Waals surface area contributed by atoms with E-state index >= 15 is 0 Å². The van der Waals surface area contributed by atoms with Gasteiger partial charge in [-0.05, 0) is 31.4 Å². The van der Waals surface area contributed by atoms with E-state index < -0.39 is 0 Å². The zero-order valence-electron chi connectivity index (χ0n) is 7.58. The first-order chi connectivity index (χ1) is 6.29. The van der Waals surface area contributed by atoms with Gasteiger partial charge in [0.05, 0.1) is 0 Å². The molecule has 1 heterocycles. The number of aromatic nitrogens is 1. The molecular formula is C9H13N3S. The van der Waals surface area contributed by atoms with Crippen LogP contribution in [0.5, 0.6) is 0 Å². The summed E-state index contributed by atoms with van der Waals surface area (Å²) in [4.78, 5) is 5.46. The molecule has 0 atom stereocenters. The highest BCUT2D eigenvalue weighted by molar-refractivity contribution is 8.00. The van der Waals surface area contributed by atoms with E-state index in [1.165, 1.54) is 23.3 Å². The molecule has 1 aliphatic rings. The van der Waals surface area contributed by atoms with Crippen molar-refractivity contribution < 1.29 is 0 Å². The molecule has 1 saturated carbocycles. The number of rotatable bonds is 3. The number of nitrogen functional groups attached to an aromatic ring is 1. The summed E-state index contributed by atoms with van der Waals surface area (Å²) in [5.74, 6) is 6.00. The molecule has 3 N–H and O–H groups in total. The molecule has 0 unspecified atom stereocenters. The summed E-state index contributed by atoms with van der Waals surface area (Å²) in [5.41, 5.74) is 3.79. The van der Waals surface area contributed by atoms with Gasteiger partial charge < -0.3 is 5.43 Å². The molecule has 1 aromatic heterocycles. The topological polar surface area (TPSA) is 50.9 Å². The Hall–Kier alpha value is -0.740. The molecule has 0 spiro atoms. The third-order valence-electron chi connectivity index (χ3n) is 2.03. The van der Waals surface area contributed by atoms with Gasteiger partial charge in [-0.1, -0.05) is 0 Å². The second-order valence-electron chi connectivity index (χ2n) is 3.30. The Labute approximate surface area is 82.1 Å². The van der Waals surface area contributed by atoms with Crippen LogP contribution in [0.2, 0.25) is 0 Å². The predicted molar refractivity (Wildman–Crippen MR) is 55.7 cm³/mol. The molecule has 0 aliphatic heterocycles. The van der Waals surface area contributed by atoms with Gasteiger partial charge in [0, 0.05) is 16.3 Å². The Kier molecular flexibility index (Phi) is 2.42. The van der Waals surface area contributed by atoms with Crippen molar-refractivity contribution in [1.82, 2.24) is 4.98 Å². The van der Waals surface area contributed by atoms with Crippen LogP contribution >= 0.6 is 11.8 Å². The van der Waals surface area contributed by atoms with Crippen molar-refractivity contribution in [2.24, 2.45) is 5.84 Å². The molecule has 2 rings (SSSR count). The Morgan fingerprint density at radius 1 is 1.62 bits per heavy atom. The molecule has 1 fully saturated rings. The van der Waals surface area contributed by atoms with Crippen LogP contribution in [0.4, 0.5) is 5.82 Å². The average molecular weight is 195 g/mol. The number of pyridine rings is 1. The smallest absolute Gasteiger partial charge is 0.140 e. The third kappa shape index (κ3) is 2.14. The standard InChI is InChI=1S/C9H13N3S/c1-6-4-9(12-10)11-5-8(6)13-7-2-3-7/h4-5,7H,2-3,10H2,1H3,(H,11,12). The Morgan fingerprint density at radius 3 is 2.92 bits per heavy atom. The minimum absolute atomic E-state index is 0.734. The highest BCUT2D eigenvalue weighted by Gasteiger charge is 2.23. The van der Waals surface area contributed by atoms with Gasteiger partial charge in [-0.25, -0.2) is 10.8 Å². The van der Waals surface area contributed by atoms with Crippen LogP contribution in [0.15, 0.2) is 17.2 Å². The van der Waals surface area contributed by atoms with Gasteiger partial charge in [0.1, 0.15) is 5.82 Å². The van der Waals surface area contributed by atoms with Crippen LogP contribution in [0.25, 0.3) is 0 Å². The Bertz CT molecular complexity index is 310. The normalized spacial score (nSPS) is 15.8. The molecule has 0 aromatic carbocycles. The molecule has 13 heavy (non-hydrogen) atoms. The van der Waals surface area contributed by atoms with Crippen LogP contribution in [0, 0.1) is 6.92 Å².